The number of fused-ring (bicyclic) bond motifs is 1. The van der Waals surface area contributed by atoms with Gasteiger partial charge in [0, 0.05) is 0 Å². The van der Waals surface area contributed by atoms with Gasteiger partial charge in [0.1, 0.15) is 0 Å². The van der Waals surface area contributed by atoms with Crippen molar-refractivity contribution in [3.8, 4) is 0 Å². The molecular weight excluding hydrogens is 391 g/mol. The van der Waals surface area contributed by atoms with Crippen LogP contribution in [0.25, 0.3) is 10.8 Å². The van der Waals surface area contributed by atoms with Gasteiger partial charge in [-0.3, -0.25) is 6.08 Å². The van der Waals surface area contributed by atoms with Gasteiger partial charge in [0.15, 0.2) is 0 Å². The first-order valence-electron chi connectivity index (χ1n) is 10.2. The first-order valence-corrected chi connectivity index (χ1v) is 11.4. The molecule has 138 valence electrons. The van der Waals surface area contributed by atoms with E-state index in [0.717, 1.165) is 6.42 Å². The molecule has 0 spiro atoms. The average molecular weight is 426 g/mol. The molecule has 2 aromatic rings. The molecule has 0 saturated carbocycles. The maximum atomic E-state index is 2.99. The number of hydrogen-bond acceptors (Lipinski definition) is 0. The van der Waals surface area contributed by atoms with Crippen molar-refractivity contribution in [3.05, 3.63) is 66.8 Å². The van der Waals surface area contributed by atoms with Crippen LogP contribution in [0.3, 0.4) is 0 Å². The fourth-order valence-electron chi connectivity index (χ4n) is 2.71. The van der Waals surface area contributed by atoms with Crippen LogP contribution in [0.5, 0.6) is 0 Å². The van der Waals surface area contributed by atoms with Gasteiger partial charge in [-0.15, -0.1) is 36.1 Å². The van der Waals surface area contributed by atoms with Gasteiger partial charge in [-0.05, 0) is 0 Å². The van der Waals surface area contributed by atoms with Gasteiger partial charge in [0.2, 0.25) is 0 Å². The molecule has 0 amide bonds. The van der Waals surface area contributed by atoms with E-state index < -0.39 is 0 Å². The zero-order valence-corrected chi connectivity index (χ0v) is 19.1. The van der Waals surface area contributed by atoms with Gasteiger partial charge in [0.05, 0.1) is 0 Å². The van der Waals surface area contributed by atoms with Crippen molar-refractivity contribution in [2.24, 2.45) is 0 Å². The maximum absolute atomic E-state index is 2.99. The minimum Gasteiger partial charge on any atom is -0.273 e. The summed E-state index contributed by atoms with van der Waals surface area (Å²) in [5, 5.41) is 2.66. The fraction of sp³-hybridized carbons (Fsp3) is 0.440. The normalized spacial score (nSPS) is 11.7. The molecule has 0 bridgehead atoms. The molecule has 0 saturated heterocycles. The quantitative estimate of drug-likeness (QED) is 0.300. The van der Waals surface area contributed by atoms with Crippen LogP contribution >= 0.6 is 0 Å². The molecule has 0 aromatic heterocycles. The summed E-state index contributed by atoms with van der Waals surface area (Å²) in [6.45, 7) is 4.56. The molecule has 0 N–H and O–H groups in total. The van der Waals surface area contributed by atoms with E-state index in [0.29, 0.717) is 0 Å². The Morgan fingerprint density at radius 2 is 1.69 bits per heavy atom. The molecule has 0 fully saturated rings. The molecule has 0 unspecified atom stereocenters. The number of benzene rings is 1. The number of unbranched alkanes of at least 4 members (excludes halogenated alkanes) is 4. The molecule has 0 aliphatic heterocycles. The average Bonchev–Trinajstić information content (AvgIpc) is 3.37. The summed E-state index contributed by atoms with van der Waals surface area (Å²) < 4.78 is 1.81. The molecule has 0 atom stereocenters. The number of rotatable bonds is 8. The van der Waals surface area contributed by atoms with E-state index in [4.69, 9.17) is 0 Å². The summed E-state index contributed by atoms with van der Waals surface area (Å²) in [7, 11) is 0. The van der Waals surface area contributed by atoms with Crippen LogP contribution in [0.1, 0.15) is 71.6 Å². The van der Waals surface area contributed by atoms with Crippen LogP contribution in [-0.2, 0) is 24.2 Å². The molecule has 26 heavy (non-hydrogen) atoms. The zero-order valence-electron chi connectivity index (χ0n) is 16.6. The van der Waals surface area contributed by atoms with E-state index in [1.165, 1.54) is 62.1 Å². The molecule has 1 heteroatoms. The minimum atomic E-state index is 1.01. The predicted molar refractivity (Wildman–Crippen MR) is 114 cm³/mol. The molecule has 1 aliphatic carbocycles. The van der Waals surface area contributed by atoms with Crippen molar-refractivity contribution in [2.45, 2.75) is 71.6 Å². The third-order valence-electron chi connectivity index (χ3n) is 4.30. The Morgan fingerprint density at radius 3 is 2.19 bits per heavy atom. The van der Waals surface area contributed by atoms with Gasteiger partial charge in [0.25, 0.3) is 0 Å². The first kappa shape index (κ1) is 23.1. The smallest absolute Gasteiger partial charge is 0.0809 e. The van der Waals surface area contributed by atoms with Crippen LogP contribution < -0.4 is 0 Å². The van der Waals surface area contributed by atoms with E-state index >= 15 is 0 Å². The largest absolute Gasteiger partial charge is 0.273 e. The van der Waals surface area contributed by atoms with Crippen molar-refractivity contribution < 1.29 is 24.2 Å². The molecule has 0 nitrogen and oxygen atoms in total. The Kier molecular flexibility index (Phi) is 14.4. The summed E-state index contributed by atoms with van der Waals surface area (Å²) in [6.07, 6.45) is 21.3. The summed E-state index contributed by atoms with van der Waals surface area (Å²) in [4.78, 5) is 0. The van der Waals surface area contributed by atoms with Crippen molar-refractivity contribution in [1.82, 2.24) is 0 Å². The van der Waals surface area contributed by atoms with Crippen molar-refractivity contribution in [1.29, 1.82) is 0 Å². The fourth-order valence-corrected chi connectivity index (χ4v) is 3.58. The SMILES string of the molecule is CCCCC[C](=[Zr+2])CCCCC.[C-]1=CC=CC1.c1ccc2[cH-]ccc2c1. The minimum absolute atomic E-state index is 1.01. The first-order chi connectivity index (χ1) is 12.8. The zero-order chi connectivity index (χ0) is 18.9. The topological polar surface area (TPSA) is 0 Å². The summed E-state index contributed by atoms with van der Waals surface area (Å²) in [5.74, 6) is 0. The van der Waals surface area contributed by atoms with Crippen LogP contribution in [0.15, 0.2) is 60.7 Å². The Hall–Kier alpha value is -0.937. The second-order valence-electron chi connectivity index (χ2n) is 6.68. The third-order valence-corrected chi connectivity index (χ3v) is 5.53. The third kappa shape index (κ3) is 11.6. The van der Waals surface area contributed by atoms with Crippen LogP contribution in [-0.4, -0.2) is 3.21 Å². The van der Waals surface area contributed by atoms with E-state index in [-0.39, 0.29) is 0 Å². The number of allylic oxidation sites excluding steroid dienone is 4. The molecular formula is C25H34Zr. The van der Waals surface area contributed by atoms with Gasteiger partial charge < -0.3 is 0 Å². The summed E-state index contributed by atoms with van der Waals surface area (Å²) in [6, 6.07) is 14.7. The van der Waals surface area contributed by atoms with E-state index in [2.05, 4.69) is 68.5 Å². The Balaban J connectivity index is 0.000000210. The van der Waals surface area contributed by atoms with Gasteiger partial charge >= 0.3 is 92.7 Å². The van der Waals surface area contributed by atoms with E-state index in [9.17, 15) is 0 Å². The Labute approximate surface area is 176 Å². The van der Waals surface area contributed by atoms with Crippen LogP contribution in [0.4, 0.5) is 0 Å². The van der Waals surface area contributed by atoms with Gasteiger partial charge in [-0.1, -0.05) is 6.07 Å². The van der Waals surface area contributed by atoms with E-state index in [1.807, 2.05) is 15.4 Å². The summed E-state index contributed by atoms with van der Waals surface area (Å²) in [5.41, 5.74) is 0. The maximum Gasteiger partial charge on any atom is -0.0809 e. The predicted octanol–water partition coefficient (Wildman–Crippen LogP) is 7.73. The van der Waals surface area contributed by atoms with Crippen LogP contribution in [0, 0.1) is 6.08 Å². The molecule has 1 aliphatic rings. The second kappa shape index (κ2) is 16.3. The van der Waals surface area contributed by atoms with Crippen molar-refractivity contribution in [3.63, 3.8) is 0 Å². The molecule has 3 rings (SSSR count). The standard InChI is InChI=1S/C11H22.C9H7.C5H5.Zr/c1-3-5-7-9-11-10-8-6-4-2;1-2-5-9-7-3-6-8(9)4-1;1-2-4-5-3-1;/h3-10H2,1-2H3;1-7H;1-3H,4H2;/q;2*-1;+2. The second-order valence-corrected chi connectivity index (χ2v) is 8.41. The van der Waals surface area contributed by atoms with Gasteiger partial charge in [-0.2, -0.15) is 23.6 Å². The Bertz CT molecular complexity index is 593. The van der Waals surface area contributed by atoms with Crippen molar-refractivity contribution in [2.75, 3.05) is 0 Å². The van der Waals surface area contributed by atoms with Gasteiger partial charge in [-0.25, -0.2) is 12.2 Å². The molecule has 0 heterocycles. The van der Waals surface area contributed by atoms with Crippen molar-refractivity contribution >= 4 is 14.0 Å². The summed E-state index contributed by atoms with van der Waals surface area (Å²) >= 11 is 1.69. The monoisotopic (exact) mass is 424 g/mol. The Morgan fingerprint density at radius 1 is 1.00 bits per heavy atom. The molecule has 0 radical (unpaired) electrons. The number of hydrogen-bond donors (Lipinski definition) is 0. The van der Waals surface area contributed by atoms with E-state index in [1.54, 1.807) is 24.2 Å². The van der Waals surface area contributed by atoms with Crippen LogP contribution in [0.2, 0.25) is 0 Å². The molecule has 2 aromatic carbocycles.